The SMILES string of the molecule is C.CC(F)(F)Oc1ccc2c(c1)NCC(C)(C(=O)Nc1cc(O)c(C3CCCC3)cc1C(F)(F)F)O2.Cc1cc(C#CCN(C)C)c(NC(=O)C2CNc3cc(OC(C)(F)F)ccc3O2)cc1C.Cc1ccc(NC(=O)C2CNc3cc(OC(C)(F)F)ccc3O2)c(-c2nc(CN(C)C)no2)c1.[HH].[HH]. The summed E-state index contributed by atoms with van der Waals surface area (Å²) in [4.78, 5) is 47.2. The molecule has 0 bridgehead atoms. The van der Waals surface area contributed by atoms with E-state index in [1.165, 1.54) is 61.5 Å². The van der Waals surface area contributed by atoms with Gasteiger partial charge in [0.05, 0.1) is 78.0 Å². The second-order valence-corrected chi connectivity index (χ2v) is 25.6. The Bertz CT molecular complexity index is 4250. The molecule has 552 valence electrons. The maximum absolute atomic E-state index is 13.8. The zero-order valence-corrected chi connectivity index (χ0v) is 57.1. The number of halogens is 9. The topological polar surface area (TPSA) is 244 Å². The molecule has 1 saturated carbocycles. The average Bonchev–Trinajstić information content (AvgIpc) is 2.02. The fourth-order valence-corrected chi connectivity index (χ4v) is 11.0. The molecular formula is C72H85F9N10O11. The molecule has 6 aromatic carbocycles. The number of carbonyl (C=O) groups is 3. The minimum atomic E-state index is -4.76. The van der Waals surface area contributed by atoms with Gasteiger partial charge >= 0.3 is 24.5 Å². The van der Waals surface area contributed by atoms with Crippen molar-refractivity contribution in [3.8, 4) is 63.5 Å². The number of hydrogen-bond donors (Lipinski definition) is 7. The Labute approximate surface area is 587 Å². The Kier molecular flexibility index (Phi) is 24.1. The standard InChI is InChI=1S/C24H25F5N2O4.C24H27F2N3O3.C23H25F2N5O4.CH4.2H2/c1-22(12-30-18-9-14(34-23(2,25)26)7-8-20(18)35-22)21(33)31-17-11-19(32)15(13-5-3-4-6-13)10-16(17)24(27,28)29;1-15-11-17(7-6-10-29(4)5)19(12-16(15)2)28-23(30)22-14-27-20-13-18(32-24(3,25)26)8-9-21(20)31-22;1-13-5-7-16(15(9-13)22-28-20(29-34-22)12-30(3)4)27-21(31)19-11-26-17-10-14(33-23(2,24)25)6-8-18(17)32-19;;;/h7-11,13,30,32H,3-6,12H2,1-2H3,(H,31,33);8-9,11-13,22,27H,10,14H2,1-5H3,(H,28,30);5-10,19,26H,11-12H2,1-4H3,(H,27,31);1H4;2*1H. The molecule has 3 unspecified atom stereocenters. The van der Waals surface area contributed by atoms with Gasteiger partial charge < -0.3 is 74.9 Å². The zero-order chi connectivity index (χ0) is 73.5. The number of carbonyl (C=O) groups excluding carboxylic acids is 3. The van der Waals surface area contributed by atoms with E-state index in [1.807, 2.05) is 83.0 Å². The summed E-state index contributed by atoms with van der Waals surface area (Å²) in [5, 5.41) is 31.4. The zero-order valence-electron chi connectivity index (χ0n) is 57.1. The van der Waals surface area contributed by atoms with E-state index in [0.29, 0.717) is 98.2 Å². The van der Waals surface area contributed by atoms with Gasteiger partial charge in [0.15, 0.2) is 18.0 Å². The summed E-state index contributed by atoms with van der Waals surface area (Å²) < 4.78 is 157. The third-order valence-corrected chi connectivity index (χ3v) is 15.9. The fourth-order valence-electron chi connectivity index (χ4n) is 11.0. The third kappa shape index (κ3) is 20.9. The molecule has 1 aromatic heterocycles. The van der Waals surface area contributed by atoms with Crippen LogP contribution in [0.15, 0.2) is 102 Å². The number of nitrogens with zero attached hydrogens (tertiary/aromatic N) is 4. The molecule has 7 aromatic rings. The Morgan fingerprint density at radius 2 is 1.18 bits per heavy atom. The lowest BCUT2D eigenvalue weighted by molar-refractivity contribution is -0.159. The monoisotopic (exact) mass is 1440 g/mol. The summed E-state index contributed by atoms with van der Waals surface area (Å²) in [5.74, 6) is 5.70. The van der Waals surface area contributed by atoms with Crippen molar-refractivity contribution >= 4 is 51.8 Å². The molecule has 4 aliphatic rings. The number of aromatic hydroxyl groups is 1. The van der Waals surface area contributed by atoms with E-state index < -0.39 is 65.4 Å². The Morgan fingerprint density at radius 1 is 0.657 bits per heavy atom. The van der Waals surface area contributed by atoms with Gasteiger partial charge in [-0.15, -0.1) is 0 Å². The molecule has 4 heterocycles. The normalized spacial score (nSPS) is 16.9. The molecule has 3 atom stereocenters. The van der Waals surface area contributed by atoms with E-state index >= 15 is 0 Å². The van der Waals surface area contributed by atoms with E-state index in [-0.39, 0.29) is 81.7 Å². The van der Waals surface area contributed by atoms with Crippen molar-refractivity contribution in [1.82, 2.24) is 19.9 Å². The Balaban J connectivity index is 0.000000242. The highest BCUT2D eigenvalue weighted by molar-refractivity contribution is 6.00. The minimum Gasteiger partial charge on any atom is -0.508 e. The number of amides is 3. The summed E-state index contributed by atoms with van der Waals surface area (Å²) in [6, 6.07) is 23.5. The summed E-state index contributed by atoms with van der Waals surface area (Å²) in [6.07, 6.45) is -13.3. The molecule has 0 spiro atoms. The van der Waals surface area contributed by atoms with E-state index in [9.17, 15) is 59.0 Å². The average molecular weight is 1440 g/mol. The number of benzene rings is 6. The first kappa shape index (κ1) is 77.5. The molecule has 102 heavy (non-hydrogen) atoms. The van der Waals surface area contributed by atoms with Crippen LogP contribution in [0.5, 0.6) is 40.2 Å². The number of phenolic OH excluding ortho intramolecular Hbond substituents is 1. The first-order valence-electron chi connectivity index (χ1n) is 31.9. The predicted molar refractivity (Wildman–Crippen MR) is 371 cm³/mol. The lowest BCUT2D eigenvalue weighted by atomic mass is 9.93. The third-order valence-electron chi connectivity index (χ3n) is 15.9. The van der Waals surface area contributed by atoms with Crippen molar-refractivity contribution in [2.75, 3.05) is 86.3 Å². The van der Waals surface area contributed by atoms with Gasteiger partial charge in [-0.25, -0.2) is 0 Å². The molecular weight excluding hydrogens is 1350 g/mol. The van der Waals surface area contributed by atoms with Crippen molar-refractivity contribution in [2.24, 2.45) is 0 Å². The van der Waals surface area contributed by atoms with Crippen molar-refractivity contribution in [3.05, 3.63) is 136 Å². The highest BCUT2D eigenvalue weighted by Crippen LogP contribution is 2.46. The molecule has 1 fully saturated rings. The van der Waals surface area contributed by atoms with E-state index in [4.69, 9.17) is 18.7 Å². The second kappa shape index (κ2) is 31.7. The molecule has 21 nitrogen and oxygen atoms in total. The maximum atomic E-state index is 13.8. The van der Waals surface area contributed by atoms with Crippen LogP contribution >= 0.6 is 0 Å². The lowest BCUT2D eigenvalue weighted by Crippen LogP contribution is -2.52. The van der Waals surface area contributed by atoms with Crippen molar-refractivity contribution in [2.45, 2.75) is 136 Å². The number of nitrogens with one attached hydrogen (secondary N) is 6. The highest BCUT2D eigenvalue weighted by atomic mass is 19.4. The van der Waals surface area contributed by atoms with Gasteiger partial charge in [-0.1, -0.05) is 48.9 Å². The minimum absolute atomic E-state index is 0. The Hall–Kier alpha value is -10.3. The number of fused-ring (bicyclic) bond motifs is 3. The van der Waals surface area contributed by atoms with Crippen LogP contribution in [-0.2, 0) is 27.1 Å². The number of aromatic nitrogens is 2. The maximum Gasteiger partial charge on any atom is 0.418 e. The second-order valence-electron chi connectivity index (χ2n) is 25.6. The quantitative estimate of drug-likeness (QED) is 0.0331. The van der Waals surface area contributed by atoms with E-state index in [0.717, 1.165) is 47.2 Å². The van der Waals surface area contributed by atoms with E-state index in [1.54, 1.807) is 6.07 Å². The molecule has 11 rings (SSSR count). The number of alkyl halides is 9. The van der Waals surface area contributed by atoms with Gasteiger partial charge in [0.2, 0.25) is 5.60 Å². The van der Waals surface area contributed by atoms with Crippen LogP contribution in [0.1, 0.15) is 109 Å². The van der Waals surface area contributed by atoms with Crippen LogP contribution in [0.4, 0.5) is 73.6 Å². The highest BCUT2D eigenvalue weighted by Gasteiger charge is 2.43. The van der Waals surface area contributed by atoms with Crippen LogP contribution in [0.3, 0.4) is 0 Å². The van der Waals surface area contributed by atoms with E-state index in [2.05, 4.69) is 68.1 Å². The van der Waals surface area contributed by atoms with Gasteiger partial charge in [-0.05, 0) is 158 Å². The van der Waals surface area contributed by atoms with Crippen LogP contribution < -0.4 is 60.3 Å². The van der Waals surface area contributed by atoms with Gasteiger partial charge in [-0.3, -0.25) is 19.3 Å². The number of rotatable bonds is 17. The number of ether oxygens (including phenoxy) is 6. The number of phenols is 1. The van der Waals surface area contributed by atoms with Gasteiger partial charge in [0.25, 0.3) is 23.6 Å². The van der Waals surface area contributed by atoms with Gasteiger partial charge in [0, 0.05) is 53.5 Å². The lowest BCUT2D eigenvalue weighted by Gasteiger charge is -2.35. The molecule has 7 N–H and O–H groups in total. The molecule has 0 saturated heterocycles. The van der Waals surface area contributed by atoms with Crippen LogP contribution in [0.25, 0.3) is 11.5 Å². The first-order valence-corrected chi connectivity index (χ1v) is 31.9. The number of aryl methyl sites for hydroxylation is 3. The van der Waals surface area contributed by atoms with Crippen molar-refractivity contribution in [1.29, 1.82) is 0 Å². The molecule has 3 amide bonds. The first-order chi connectivity index (χ1) is 47.3. The number of anilines is 6. The van der Waals surface area contributed by atoms with Gasteiger partial charge in [0.1, 0.15) is 40.2 Å². The summed E-state index contributed by atoms with van der Waals surface area (Å²) in [7, 11) is 7.67. The Morgan fingerprint density at radius 3 is 1.70 bits per heavy atom. The largest absolute Gasteiger partial charge is 0.508 e. The van der Waals surface area contributed by atoms with Crippen molar-refractivity contribution < 1.29 is 94.8 Å². The smallest absolute Gasteiger partial charge is 0.418 e. The van der Waals surface area contributed by atoms with Crippen LogP contribution in [0.2, 0.25) is 0 Å². The molecule has 3 aliphatic heterocycles. The van der Waals surface area contributed by atoms with Crippen LogP contribution in [-0.4, -0.2) is 133 Å². The molecule has 30 heteroatoms. The number of hydrogen-bond acceptors (Lipinski definition) is 18. The van der Waals surface area contributed by atoms with Gasteiger partial charge in [-0.2, -0.15) is 44.5 Å². The fraction of sp³-hybridized carbons (Fsp3) is 0.403. The summed E-state index contributed by atoms with van der Waals surface area (Å²) in [6.45, 7) is 10.4. The summed E-state index contributed by atoms with van der Waals surface area (Å²) >= 11 is 0. The predicted octanol–water partition coefficient (Wildman–Crippen LogP) is 15.3. The van der Waals surface area contributed by atoms with Crippen LogP contribution in [0, 0.1) is 32.6 Å². The molecule has 0 radical (unpaired) electrons. The molecule has 1 aliphatic carbocycles. The summed E-state index contributed by atoms with van der Waals surface area (Å²) in [5.41, 5.74) is 3.70. The van der Waals surface area contributed by atoms with Crippen molar-refractivity contribution in [3.63, 3.8) is 0 Å².